The molecule has 3 aromatic heterocycles. The van der Waals surface area contributed by atoms with E-state index in [-0.39, 0.29) is 16.7 Å². The average Bonchev–Trinajstić information content (AvgIpc) is 3.52. The number of aromatic nitrogens is 4. The molecule has 32 heavy (non-hydrogen) atoms. The summed E-state index contributed by atoms with van der Waals surface area (Å²) in [4.78, 5) is 17.3. The lowest BCUT2D eigenvalue weighted by molar-refractivity contribution is -0.0328. The summed E-state index contributed by atoms with van der Waals surface area (Å²) in [6, 6.07) is 12.2. The van der Waals surface area contributed by atoms with Crippen molar-refractivity contribution in [3.05, 3.63) is 54.4 Å². The average molecular weight is 473 g/mol. The summed E-state index contributed by atoms with van der Waals surface area (Å²) in [5, 5.41) is 0. The lowest BCUT2D eigenvalue weighted by atomic mass is 10.0. The van der Waals surface area contributed by atoms with Gasteiger partial charge < -0.3 is 4.98 Å². The van der Waals surface area contributed by atoms with Crippen LogP contribution in [0.15, 0.2) is 58.6 Å². The van der Waals surface area contributed by atoms with Crippen molar-refractivity contribution in [2.45, 2.75) is 41.0 Å². The van der Waals surface area contributed by atoms with Crippen LogP contribution < -0.4 is 0 Å². The van der Waals surface area contributed by atoms with Crippen molar-refractivity contribution in [1.29, 1.82) is 0 Å². The third-order valence-electron chi connectivity index (χ3n) is 5.22. The first-order chi connectivity index (χ1) is 15.4. The second kappa shape index (κ2) is 8.44. The number of pyridine rings is 2. The van der Waals surface area contributed by atoms with Gasteiger partial charge in [-0.2, -0.15) is 13.2 Å². The van der Waals surface area contributed by atoms with Crippen molar-refractivity contribution < 1.29 is 13.2 Å². The Morgan fingerprint density at radius 3 is 2.50 bits per heavy atom. The van der Waals surface area contributed by atoms with Gasteiger partial charge in [0.2, 0.25) is 0 Å². The van der Waals surface area contributed by atoms with Crippen LogP contribution in [0, 0.1) is 0 Å². The van der Waals surface area contributed by atoms with Gasteiger partial charge >= 0.3 is 5.51 Å². The number of alkyl halides is 3. The van der Waals surface area contributed by atoms with Gasteiger partial charge in [-0.05, 0) is 59.5 Å². The molecule has 4 nitrogen and oxygen atoms in total. The number of imidazole rings is 1. The second-order valence-corrected chi connectivity index (χ2v) is 10.0. The first-order valence-electron chi connectivity index (χ1n) is 10.2. The zero-order valence-corrected chi connectivity index (χ0v) is 18.7. The lowest BCUT2D eigenvalue weighted by Crippen LogP contribution is -1.99. The fraction of sp³-hybridized carbons (Fsp3) is 0.261. The van der Waals surface area contributed by atoms with E-state index < -0.39 is 5.51 Å². The molecule has 1 aromatic carbocycles. The quantitative estimate of drug-likeness (QED) is 0.299. The molecule has 1 fully saturated rings. The summed E-state index contributed by atoms with van der Waals surface area (Å²) in [5.74, 6) is 2.06. The van der Waals surface area contributed by atoms with Crippen molar-refractivity contribution in [1.82, 2.24) is 19.9 Å². The van der Waals surface area contributed by atoms with Crippen LogP contribution in [0.3, 0.4) is 0 Å². The number of fused-ring (bicyclic) bond motifs is 1. The Bertz CT molecular complexity index is 1260. The van der Waals surface area contributed by atoms with Crippen LogP contribution in [0.2, 0.25) is 0 Å². The van der Waals surface area contributed by atoms with Crippen LogP contribution in [-0.4, -0.2) is 31.2 Å². The molecule has 164 valence electrons. The molecule has 1 aliphatic carbocycles. The highest BCUT2D eigenvalue weighted by atomic mass is 32.2. The summed E-state index contributed by atoms with van der Waals surface area (Å²) < 4.78 is 38.1. The topological polar surface area (TPSA) is 54.5 Å². The van der Waals surface area contributed by atoms with E-state index in [9.17, 15) is 13.2 Å². The molecule has 1 aliphatic rings. The Morgan fingerprint density at radius 2 is 1.81 bits per heavy atom. The molecule has 0 spiro atoms. The minimum absolute atomic E-state index is 0.0151. The first kappa shape index (κ1) is 21.3. The van der Waals surface area contributed by atoms with E-state index in [1.54, 1.807) is 11.8 Å². The largest absolute Gasteiger partial charge is 0.446 e. The summed E-state index contributed by atoms with van der Waals surface area (Å²) in [5.41, 5.74) is 0.620. The highest BCUT2D eigenvalue weighted by Crippen LogP contribution is 2.41. The van der Waals surface area contributed by atoms with Crippen LogP contribution >= 0.6 is 23.5 Å². The minimum Gasteiger partial charge on any atom is -0.335 e. The molecular weight excluding hydrogens is 453 g/mol. The van der Waals surface area contributed by atoms with Crippen LogP contribution in [0.5, 0.6) is 0 Å². The molecule has 3 heterocycles. The predicted molar refractivity (Wildman–Crippen MR) is 123 cm³/mol. The molecule has 0 radical (unpaired) electrons. The van der Waals surface area contributed by atoms with Crippen LogP contribution in [0.4, 0.5) is 13.2 Å². The molecule has 1 saturated carbocycles. The number of aromatic amines is 1. The van der Waals surface area contributed by atoms with Crippen molar-refractivity contribution in [3.63, 3.8) is 0 Å². The van der Waals surface area contributed by atoms with E-state index in [2.05, 4.69) is 57.2 Å². The molecule has 0 aliphatic heterocycles. The normalized spacial score (nSPS) is 14.2. The Labute approximate surface area is 191 Å². The maximum Gasteiger partial charge on any atom is 0.446 e. The van der Waals surface area contributed by atoms with Crippen LogP contribution in [0.25, 0.3) is 33.8 Å². The third-order valence-corrected chi connectivity index (χ3v) is 6.82. The minimum atomic E-state index is -4.36. The van der Waals surface area contributed by atoms with Gasteiger partial charge in [-0.1, -0.05) is 31.2 Å². The second-order valence-electron chi connectivity index (χ2n) is 7.58. The maximum absolute atomic E-state index is 12.7. The Kier molecular flexibility index (Phi) is 5.63. The first-order valence-corrected chi connectivity index (χ1v) is 12.0. The summed E-state index contributed by atoms with van der Waals surface area (Å²) >= 11 is 1.46. The highest BCUT2D eigenvalue weighted by molar-refractivity contribution is 8.00. The van der Waals surface area contributed by atoms with Gasteiger partial charge in [0.1, 0.15) is 5.69 Å². The number of thioether (sulfide) groups is 2. The standard InChI is InChI=1S/C23H19F3N4S2/c1-2-31-19-9-16(15-7-5-14(6-8-15)13-3-4-13)11-27-20(19)22-29-18-10-17(32-23(24,25)26)12-28-21(18)30-22/h5-13H,2-4H2,1H3,(H,28,29,30). The zero-order chi connectivity index (χ0) is 22.3. The third kappa shape index (κ3) is 4.63. The molecule has 0 atom stereocenters. The summed E-state index contributed by atoms with van der Waals surface area (Å²) in [6.45, 7) is 2.06. The zero-order valence-electron chi connectivity index (χ0n) is 17.1. The molecule has 9 heteroatoms. The maximum atomic E-state index is 12.7. The molecule has 0 saturated heterocycles. The number of rotatable bonds is 6. The molecular formula is C23H19F3N4S2. The molecule has 0 bridgehead atoms. The number of hydrogen-bond donors (Lipinski definition) is 1. The van der Waals surface area contributed by atoms with E-state index >= 15 is 0 Å². The monoisotopic (exact) mass is 472 g/mol. The predicted octanol–water partition coefficient (Wildman–Crippen LogP) is 7.29. The molecule has 5 rings (SSSR count). The van der Waals surface area contributed by atoms with Crippen molar-refractivity contribution in [3.8, 4) is 22.6 Å². The van der Waals surface area contributed by atoms with Gasteiger partial charge in [0.25, 0.3) is 0 Å². The van der Waals surface area contributed by atoms with Gasteiger partial charge in [-0.15, -0.1) is 11.8 Å². The van der Waals surface area contributed by atoms with Crippen LogP contribution in [0.1, 0.15) is 31.2 Å². The fourth-order valence-electron chi connectivity index (χ4n) is 3.59. The summed E-state index contributed by atoms with van der Waals surface area (Å²) in [6.07, 6.45) is 5.55. The van der Waals surface area contributed by atoms with Crippen molar-refractivity contribution in [2.24, 2.45) is 0 Å². The van der Waals surface area contributed by atoms with Gasteiger partial charge in [0, 0.05) is 27.7 Å². The lowest BCUT2D eigenvalue weighted by Gasteiger charge is -2.09. The molecule has 4 aromatic rings. The fourth-order valence-corrected chi connectivity index (χ4v) is 4.95. The molecule has 0 amide bonds. The Balaban J connectivity index is 1.48. The van der Waals surface area contributed by atoms with Crippen molar-refractivity contribution in [2.75, 3.05) is 5.75 Å². The Morgan fingerprint density at radius 1 is 1.03 bits per heavy atom. The number of H-pyrrole nitrogens is 1. The SMILES string of the molecule is CCSc1cc(-c2ccc(C3CC3)cc2)cnc1-c1nc2ncc(SC(F)(F)F)cc2[nH]1. The number of benzene rings is 1. The highest BCUT2D eigenvalue weighted by Gasteiger charge is 2.29. The number of nitrogens with one attached hydrogen (secondary N) is 1. The number of hydrogen-bond acceptors (Lipinski definition) is 5. The molecule has 0 unspecified atom stereocenters. The number of nitrogens with zero attached hydrogens (tertiary/aromatic N) is 3. The van der Waals surface area contributed by atoms with Gasteiger partial charge in [0.15, 0.2) is 11.5 Å². The van der Waals surface area contributed by atoms with Crippen molar-refractivity contribution >= 4 is 34.7 Å². The molecule has 1 N–H and O–H groups in total. The van der Waals surface area contributed by atoms with Gasteiger partial charge in [0.05, 0.1) is 5.52 Å². The van der Waals surface area contributed by atoms with Gasteiger partial charge in [-0.25, -0.2) is 9.97 Å². The van der Waals surface area contributed by atoms with E-state index in [0.717, 1.165) is 21.8 Å². The Hall–Kier alpha value is -2.52. The van der Waals surface area contributed by atoms with E-state index in [0.29, 0.717) is 28.6 Å². The van der Waals surface area contributed by atoms with Crippen LogP contribution in [-0.2, 0) is 0 Å². The van der Waals surface area contributed by atoms with Gasteiger partial charge in [-0.3, -0.25) is 4.98 Å². The van der Waals surface area contributed by atoms with E-state index in [4.69, 9.17) is 0 Å². The van der Waals surface area contributed by atoms with E-state index in [1.165, 1.54) is 30.7 Å². The number of halogens is 3. The van der Waals surface area contributed by atoms with E-state index in [1.807, 2.05) is 6.20 Å². The smallest absolute Gasteiger partial charge is 0.335 e. The summed E-state index contributed by atoms with van der Waals surface area (Å²) in [7, 11) is 0.